The highest BCUT2D eigenvalue weighted by Crippen LogP contribution is 2.35. The highest BCUT2D eigenvalue weighted by atomic mass is 32.1. The molecule has 0 unspecified atom stereocenters. The Morgan fingerprint density at radius 1 is 1.13 bits per heavy atom. The van der Waals surface area contributed by atoms with Gasteiger partial charge in [-0.25, -0.2) is 5.48 Å². The summed E-state index contributed by atoms with van der Waals surface area (Å²) in [5, 5.41) is 8.92. The summed E-state index contributed by atoms with van der Waals surface area (Å²) in [4.78, 5) is 27.3. The number of fused-ring (bicyclic) bond motifs is 1. The molecule has 1 fully saturated rings. The molecule has 0 saturated carbocycles. The Kier molecular flexibility index (Phi) is 7.59. The van der Waals surface area contributed by atoms with Gasteiger partial charge in [-0.15, -0.1) is 0 Å². The van der Waals surface area contributed by atoms with Crippen molar-refractivity contribution in [3.63, 3.8) is 0 Å². The first-order valence-electron chi connectivity index (χ1n) is 10.2. The summed E-state index contributed by atoms with van der Waals surface area (Å²) in [6.45, 7) is 3.93. The lowest BCUT2D eigenvalue weighted by Crippen LogP contribution is -2.41. The molecule has 0 aliphatic carbocycles. The van der Waals surface area contributed by atoms with Crippen LogP contribution in [-0.4, -0.2) is 41.7 Å². The van der Waals surface area contributed by atoms with E-state index >= 15 is 0 Å². The zero-order valence-electron chi connectivity index (χ0n) is 17.5. The van der Waals surface area contributed by atoms with Gasteiger partial charge in [0.1, 0.15) is 12.4 Å². The van der Waals surface area contributed by atoms with Gasteiger partial charge in [-0.2, -0.15) is 13.5 Å². The van der Waals surface area contributed by atoms with Crippen molar-refractivity contribution >= 4 is 25.3 Å². The van der Waals surface area contributed by atoms with Gasteiger partial charge in [0.2, 0.25) is 5.91 Å². The fourth-order valence-electron chi connectivity index (χ4n) is 4.21. The number of nitrogens with one attached hydrogen (secondary N) is 1. The van der Waals surface area contributed by atoms with E-state index in [4.69, 9.17) is 14.7 Å². The molecule has 2 aliphatic heterocycles. The fourth-order valence-corrected chi connectivity index (χ4v) is 4.21. The van der Waals surface area contributed by atoms with Gasteiger partial charge in [0.15, 0.2) is 0 Å². The normalized spacial score (nSPS) is 18.8. The van der Waals surface area contributed by atoms with Crippen LogP contribution in [0.4, 0.5) is 0 Å². The van der Waals surface area contributed by atoms with Crippen molar-refractivity contribution in [2.75, 3.05) is 19.8 Å². The molecular weight excluding hydrogens is 416 g/mol. The van der Waals surface area contributed by atoms with Crippen molar-refractivity contribution in [3.05, 3.63) is 64.7 Å². The maximum absolute atomic E-state index is 13.5. The maximum atomic E-state index is 13.5. The second-order valence-electron chi connectivity index (χ2n) is 7.80. The third-order valence-corrected chi connectivity index (χ3v) is 5.95. The van der Waals surface area contributed by atoms with Crippen molar-refractivity contribution in [2.45, 2.75) is 32.4 Å². The number of carbonyl (C=O) groups is 2. The third-order valence-electron chi connectivity index (χ3n) is 5.95. The van der Waals surface area contributed by atoms with E-state index in [1.807, 2.05) is 36.1 Å². The van der Waals surface area contributed by atoms with Gasteiger partial charge in [0, 0.05) is 30.3 Å². The third kappa shape index (κ3) is 4.87. The first kappa shape index (κ1) is 23.1. The lowest BCUT2D eigenvalue weighted by Gasteiger charge is -2.34. The lowest BCUT2D eigenvalue weighted by atomic mass is 9.94. The van der Waals surface area contributed by atoms with Crippen LogP contribution < -0.4 is 10.2 Å². The number of amides is 2. The molecule has 0 aromatic heterocycles. The second kappa shape index (κ2) is 10.2. The van der Waals surface area contributed by atoms with Gasteiger partial charge >= 0.3 is 0 Å². The van der Waals surface area contributed by atoms with Crippen molar-refractivity contribution < 1.29 is 24.3 Å². The van der Waals surface area contributed by atoms with Crippen LogP contribution in [0.3, 0.4) is 0 Å². The predicted molar refractivity (Wildman–Crippen MR) is 120 cm³/mol. The number of benzene rings is 2. The number of hydrogen-bond donors (Lipinski definition) is 2. The zero-order valence-corrected chi connectivity index (χ0v) is 18.5. The largest absolute Gasteiger partial charge is 0.491 e. The van der Waals surface area contributed by atoms with E-state index in [0.29, 0.717) is 31.1 Å². The van der Waals surface area contributed by atoms with E-state index in [2.05, 4.69) is 0 Å². The van der Waals surface area contributed by atoms with Gasteiger partial charge < -0.3 is 14.4 Å². The second-order valence-corrected chi connectivity index (χ2v) is 7.80. The molecule has 4 rings (SSSR count). The Bertz CT molecular complexity index is 945. The van der Waals surface area contributed by atoms with Crippen LogP contribution >= 0.6 is 13.5 Å². The molecular formula is C23H28N2O5S. The minimum absolute atomic E-state index is 0. The quantitative estimate of drug-likeness (QED) is 0.561. The summed E-state index contributed by atoms with van der Waals surface area (Å²) >= 11 is 0. The minimum Gasteiger partial charge on any atom is -0.491 e. The lowest BCUT2D eigenvalue weighted by molar-refractivity contribution is -0.142. The van der Waals surface area contributed by atoms with E-state index in [1.54, 1.807) is 23.7 Å². The highest BCUT2D eigenvalue weighted by Gasteiger charge is 2.35. The molecule has 7 nitrogen and oxygen atoms in total. The summed E-state index contributed by atoms with van der Waals surface area (Å²) in [6.07, 6.45) is 1.44. The molecule has 2 aromatic rings. The first-order valence-corrected chi connectivity index (χ1v) is 10.2. The molecule has 2 amide bonds. The Morgan fingerprint density at radius 2 is 1.87 bits per heavy atom. The monoisotopic (exact) mass is 444 g/mol. The molecule has 166 valence electrons. The summed E-state index contributed by atoms with van der Waals surface area (Å²) in [7, 11) is 0. The van der Waals surface area contributed by atoms with Crippen molar-refractivity contribution in [3.8, 4) is 5.75 Å². The van der Waals surface area contributed by atoms with Gasteiger partial charge in [-0.1, -0.05) is 30.3 Å². The van der Waals surface area contributed by atoms with E-state index in [1.165, 1.54) is 0 Å². The Labute approximate surface area is 188 Å². The standard InChI is InChI=1S/C23H26N2O5.H2S/c1-15-4-2-3-5-19(15)20-14-30-21-12-17(22(26)24-28)6-7-18(21)13-25(20)23(27)16-8-10-29-11-9-16;/h2-7,12,16,20,28H,8-11,13-14H2,1H3,(H,24,26);1H2/t20-;/m1./s1. The fraction of sp³-hybridized carbons (Fsp3) is 0.391. The minimum atomic E-state index is -0.601. The summed E-state index contributed by atoms with van der Waals surface area (Å²) in [5.41, 5.74) is 4.93. The molecule has 0 bridgehead atoms. The summed E-state index contributed by atoms with van der Waals surface area (Å²) < 4.78 is 11.5. The van der Waals surface area contributed by atoms with E-state index in [9.17, 15) is 9.59 Å². The average Bonchev–Trinajstić information content (AvgIpc) is 2.98. The first-order chi connectivity index (χ1) is 14.6. The van der Waals surface area contributed by atoms with Crippen LogP contribution in [0, 0.1) is 12.8 Å². The Balaban J connectivity index is 0.00000272. The smallest absolute Gasteiger partial charge is 0.274 e. The zero-order chi connectivity index (χ0) is 21.1. The van der Waals surface area contributed by atoms with Gasteiger partial charge in [0.05, 0.1) is 12.6 Å². The topological polar surface area (TPSA) is 88.1 Å². The predicted octanol–water partition coefficient (Wildman–Crippen LogP) is 3.12. The number of hydrogen-bond acceptors (Lipinski definition) is 5. The molecule has 2 aromatic carbocycles. The van der Waals surface area contributed by atoms with Gasteiger partial charge in [-0.05, 0) is 43.0 Å². The molecule has 1 atom stereocenters. The van der Waals surface area contributed by atoms with Crippen LogP contribution in [0.1, 0.15) is 45.9 Å². The molecule has 2 N–H and O–H groups in total. The van der Waals surface area contributed by atoms with Crippen molar-refractivity contribution in [1.82, 2.24) is 10.4 Å². The van der Waals surface area contributed by atoms with E-state index < -0.39 is 5.91 Å². The Morgan fingerprint density at radius 3 is 2.58 bits per heavy atom. The number of carbonyl (C=O) groups excluding carboxylic acids is 2. The van der Waals surface area contributed by atoms with Gasteiger partial charge in [-0.3, -0.25) is 14.8 Å². The molecule has 0 spiro atoms. The number of ether oxygens (including phenoxy) is 2. The van der Waals surface area contributed by atoms with Crippen molar-refractivity contribution in [1.29, 1.82) is 0 Å². The number of nitrogens with zero attached hydrogens (tertiary/aromatic N) is 1. The molecule has 31 heavy (non-hydrogen) atoms. The molecule has 2 aliphatic rings. The van der Waals surface area contributed by atoms with Crippen LogP contribution in [0.15, 0.2) is 42.5 Å². The number of aryl methyl sites for hydroxylation is 1. The maximum Gasteiger partial charge on any atom is 0.274 e. The average molecular weight is 445 g/mol. The van der Waals surface area contributed by atoms with E-state index in [-0.39, 0.29) is 38.0 Å². The molecule has 2 heterocycles. The van der Waals surface area contributed by atoms with E-state index in [0.717, 1.165) is 29.5 Å². The molecule has 0 radical (unpaired) electrons. The number of rotatable bonds is 3. The van der Waals surface area contributed by atoms with Crippen LogP contribution in [0.5, 0.6) is 5.75 Å². The highest BCUT2D eigenvalue weighted by molar-refractivity contribution is 7.59. The number of hydroxylamine groups is 1. The SMILES string of the molecule is Cc1ccccc1[C@H]1COc2cc(C(=O)NO)ccc2CN1C(=O)C1CCOCC1.S. The Hall–Kier alpha value is -2.55. The van der Waals surface area contributed by atoms with Crippen LogP contribution in [-0.2, 0) is 16.1 Å². The molecule has 8 heteroatoms. The van der Waals surface area contributed by atoms with Crippen molar-refractivity contribution in [2.24, 2.45) is 5.92 Å². The summed E-state index contributed by atoms with van der Waals surface area (Å²) in [5.74, 6) is -0.000334. The molecule has 1 saturated heterocycles. The van der Waals surface area contributed by atoms with Crippen LogP contribution in [0.25, 0.3) is 0 Å². The van der Waals surface area contributed by atoms with Crippen LogP contribution in [0.2, 0.25) is 0 Å². The van der Waals surface area contributed by atoms with Gasteiger partial charge in [0.25, 0.3) is 5.91 Å². The summed E-state index contributed by atoms with van der Waals surface area (Å²) in [6, 6.07) is 12.8.